The van der Waals surface area contributed by atoms with E-state index in [2.05, 4.69) is 17.1 Å². The van der Waals surface area contributed by atoms with Gasteiger partial charge in [-0.2, -0.15) is 0 Å². The van der Waals surface area contributed by atoms with Gasteiger partial charge < -0.3 is 10.4 Å². The van der Waals surface area contributed by atoms with E-state index in [4.69, 9.17) is 0 Å². The predicted molar refractivity (Wildman–Crippen MR) is 57.3 cm³/mol. The van der Waals surface area contributed by atoms with Gasteiger partial charge in [0.05, 0.1) is 6.61 Å². The molecule has 0 aromatic heterocycles. The minimum Gasteiger partial charge on any atom is -0.395 e. The molecule has 2 N–H and O–H groups in total. The van der Waals surface area contributed by atoms with Crippen LogP contribution in [0.15, 0.2) is 0 Å². The van der Waals surface area contributed by atoms with Crippen LogP contribution in [-0.2, 0) is 0 Å². The summed E-state index contributed by atoms with van der Waals surface area (Å²) in [7, 11) is 0. The second kappa shape index (κ2) is 4.17. The number of aliphatic hydroxyl groups excluding tert-OH is 1. The minimum absolute atomic E-state index is 0.337. The van der Waals surface area contributed by atoms with Crippen molar-refractivity contribution in [3.8, 4) is 0 Å². The first-order valence-corrected chi connectivity index (χ1v) is 5.79. The number of nitrogens with one attached hydrogen (secondary N) is 1. The molecule has 2 atom stereocenters. The van der Waals surface area contributed by atoms with E-state index in [1.165, 1.54) is 25.8 Å². The van der Waals surface area contributed by atoms with Crippen LogP contribution >= 0.6 is 0 Å². The highest BCUT2D eigenvalue weighted by molar-refractivity contribution is 4.90. The van der Waals surface area contributed by atoms with Gasteiger partial charge in [-0.1, -0.05) is 6.92 Å². The molecule has 0 aliphatic carbocycles. The van der Waals surface area contributed by atoms with Crippen molar-refractivity contribution < 1.29 is 5.11 Å². The molecule has 0 aromatic rings. The van der Waals surface area contributed by atoms with Crippen molar-refractivity contribution >= 4 is 0 Å². The number of hydrogen-bond acceptors (Lipinski definition) is 3. The van der Waals surface area contributed by atoms with Gasteiger partial charge in [-0.25, -0.2) is 0 Å². The highest BCUT2D eigenvalue weighted by atomic mass is 16.3. The Balaban J connectivity index is 1.89. The van der Waals surface area contributed by atoms with Crippen LogP contribution in [0.25, 0.3) is 0 Å². The lowest BCUT2D eigenvalue weighted by Crippen LogP contribution is -2.41. The zero-order chi connectivity index (χ0) is 10.0. The van der Waals surface area contributed by atoms with Crippen LogP contribution in [-0.4, -0.2) is 48.8 Å². The van der Waals surface area contributed by atoms with Gasteiger partial charge in [0.1, 0.15) is 0 Å². The molecule has 0 aromatic carbocycles. The Hall–Kier alpha value is -0.120. The van der Waals surface area contributed by atoms with Gasteiger partial charge in [-0.05, 0) is 37.8 Å². The minimum atomic E-state index is 0.337. The summed E-state index contributed by atoms with van der Waals surface area (Å²) >= 11 is 0. The molecular weight excluding hydrogens is 176 g/mol. The van der Waals surface area contributed by atoms with Crippen molar-refractivity contribution in [3.63, 3.8) is 0 Å². The Bertz CT molecular complexity index is 190. The van der Waals surface area contributed by atoms with E-state index in [1.807, 2.05) is 0 Å². The fourth-order valence-electron chi connectivity index (χ4n) is 2.80. The summed E-state index contributed by atoms with van der Waals surface area (Å²) < 4.78 is 0. The van der Waals surface area contributed by atoms with Gasteiger partial charge in [0, 0.05) is 19.1 Å². The molecule has 0 radical (unpaired) electrons. The lowest BCUT2D eigenvalue weighted by Gasteiger charge is -2.32. The van der Waals surface area contributed by atoms with Gasteiger partial charge in [-0.15, -0.1) is 0 Å². The average molecular weight is 198 g/mol. The molecule has 1 unspecified atom stereocenters. The molecule has 2 saturated heterocycles. The summed E-state index contributed by atoms with van der Waals surface area (Å²) in [5.74, 6) is 0. The highest BCUT2D eigenvalue weighted by Gasteiger charge is 2.34. The Labute approximate surface area is 86.5 Å². The second-order valence-electron chi connectivity index (χ2n) is 5.19. The molecule has 0 spiro atoms. The van der Waals surface area contributed by atoms with Crippen LogP contribution in [0.2, 0.25) is 0 Å². The molecule has 2 aliphatic heterocycles. The van der Waals surface area contributed by atoms with Gasteiger partial charge in [0.25, 0.3) is 0 Å². The molecule has 3 heteroatoms. The summed E-state index contributed by atoms with van der Waals surface area (Å²) in [6.45, 7) is 7.34. The lowest BCUT2D eigenvalue weighted by atomic mass is 9.89. The third-order valence-electron chi connectivity index (χ3n) is 3.75. The van der Waals surface area contributed by atoms with Crippen LogP contribution < -0.4 is 5.32 Å². The zero-order valence-electron chi connectivity index (χ0n) is 9.13. The maximum absolute atomic E-state index is 9.24. The largest absolute Gasteiger partial charge is 0.395 e. The highest BCUT2D eigenvalue weighted by Crippen LogP contribution is 2.29. The molecule has 0 saturated carbocycles. The first-order valence-electron chi connectivity index (χ1n) is 5.79. The molecule has 2 aliphatic rings. The van der Waals surface area contributed by atoms with Crippen molar-refractivity contribution in [2.75, 3.05) is 32.8 Å². The maximum atomic E-state index is 9.24. The molecule has 3 nitrogen and oxygen atoms in total. The van der Waals surface area contributed by atoms with Crippen LogP contribution in [0.5, 0.6) is 0 Å². The standard InChI is InChI=1S/C11H22N2O/c1-11(4-5-12-8-11)9-13-6-2-3-10(13)7-14/h10,12,14H,2-9H2,1H3/t10-,11?/m1/s1. The number of rotatable bonds is 3. The fourth-order valence-corrected chi connectivity index (χ4v) is 2.80. The molecule has 0 bridgehead atoms. The van der Waals surface area contributed by atoms with Gasteiger partial charge in [-0.3, -0.25) is 4.90 Å². The third kappa shape index (κ3) is 2.10. The Morgan fingerprint density at radius 1 is 1.57 bits per heavy atom. The van der Waals surface area contributed by atoms with Crippen molar-refractivity contribution in [2.45, 2.75) is 32.2 Å². The van der Waals surface area contributed by atoms with Crippen molar-refractivity contribution in [2.24, 2.45) is 5.41 Å². The Kier molecular flexibility index (Phi) is 3.10. The molecule has 0 amide bonds. The topological polar surface area (TPSA) is 35.5 Å². The van der Waals surface area contributed by atoms with Gasteiger partial charge in [0.2, 0.25) is 0 Å². The van der Waals surface area contributed by atoms with Crippen molar-refractivity contribution in [1.29, 1.82) is 0 Å². The zero-order valence-corrected chi connectivity index (χ0v) is 9.13. The molecule has 2 heterocycles. The number of likely N-dealkylation sites (tertiary alicyclic amines) is 1. The van der Waals surface area contributed by atoms with E-state index >= 15 is 0 Å². The van der Waals surface area contributed by atoms with E-state index in [0.29, 0.717) is 18.1 Å². The van der Waals surface area contributed by atoms with Gasteiger partial charge in [0.15, 0.2) is 0 Å². The summed E-state index contributed by atoms with van der Waals surface area (Å²) in [4.78, 5) is 2.48. The smallest absolute Gasteiger partial charge is 0.0586 e. The molecule has 2 fully saturated rings. The second-order valence-corrected chi connectivity index (χ2v) is 5.19. The van der Waals surface area contributed by atoms with E-state index in [9.17, 15) is 5.11 Å². The van der Waals surface area contributed by atoms with Crippen LogP contribution in [0, 0.1) is 5.41 Å². The average Bonchev–Trinajstić information content (AvgIpc) is 2.75. The van der Waals surface area contributed by atoms with Crippen LogP contribution in [0.4, 0.5) is 0 Å². The molecule has 2 rings (SSSR count). The fraction of sp³-hybridized carbons (Fsp3) is 1.00. The van der Waals surface area contributed by atoms with E-state index in [-0.39, 0.29) is 0 Å². The van der Waals surface area contributed by atoms with Gasteiger partial charge >= 0.3 is 0 Å². The van der Waals surface area contributed by atoms with Crippen molar-refractivity contribution in [3.05, 3.63) is 0 Å². The molecular formula is C11H22N2O. The van der Waals surface area contributed by atoms with Crippen LogP contribution in [0.1, 0.15) is 26.2 Å². The van der Waals surface area contributed by atoms with E-state index in [0.717, 1.165) is 19.6 Å². The Morgan fingerprint density at radius 2 is 2.43 bits per heavy atom. The van der Waals surface area contributed by atoms with E-state index in [1.54, 1.807) is 0 Å². The third-order valence-corrected chi connectivity index (χ3v) is 3.75. The Morgan fingerprint density at radius 3 is 3.07 bits per heavy atom. The van der Waals surface area contributed by atoms with E-state index < -0.39 is 0 Å². The first-order chi connectivity index (χ1) is 6.73. The quantitative estimate of drug-likeness (QED) is 0.691. The molecule has 14 heavy (non-hydrogen) atoms. The first kappa shape index (κ1) is 10.4. The molecule has 82 valence electrons. The number of aliphatic hydroxyl groups is 1. The SMILES string of the molecule is CC1(CN2CCC[C@@H]2CO)CCNC1. The lowest BCUT2D eigenvalue weighted by molar-refractivity contribution is 0.117. The monoisotopic (exact) mass is 198 g/mol. The summed E-state index contributed by atoms with van der Waals surface area (Å²) in [6, 6.07) is 0.437. The number of hydrogen-bond donors (Lipinski definition) is 2. The number of nitrogens with zero attached hydrogens (tertiary/aromatic N) is 1. The van der Waals surface area contributed by atoms with Crippen LogP contribution in [0.3, 0.4) is 0 Å². The van der Waals surface area contributed by atoms with Crippen molar-refractivity contribution in [1.82, 2.24) is 10.2 Å². The predicted octanol–water partition coefficient (Wildman–Crippen LogP) is 0.443. The maximum Gasteiger partial charge on any atom is 0.0586 e. The normalized spacial score (nSPS) is 39.4. The summed E-state index contributed by atoms with van der Waals surface area (Å²) in [6.07, 6.45) is 3.72. The summed E-state index contributed by atoms with van der Waals surface area (Å²) in [5, 5.41) is 12.7. The summed E-state index contributed by atoms with van der Waals surface area (Å²) in [5.41, 5.74) is 0.442.